The number of nitrogens with two attached hydrogens (primary N) is 1. The molecule has 0 aliphatic rings. The third-order valence-corrected chi connectivity index (χ3v) is 3.27. The maximum absolute atomic E-state index is 11.0. The number of nitrogens with one attached hydrogen (secondary N) is 2. The van der Waals surface area contributed by atoms with Crippen LogP contribution in [0.4, 0.5) is 22.9 Å². The predicted molar refractivity (Wildman–Crippen MR) is 97.0 cm³/mol. The van der Waals surface area contributed by atoms with Crippen molar-refractivity contribution in [2.24, 2.45) is 0 Å². The number of carbonyl (C=O) groups excluding carboxylic acids is 1. The molecule has 126 valence electrons. The van der Waals surface area contributed by atoms with Gasteiger partial charge in [0, 0.05) is 18.3 Å². The molecule has 1 heterocycles. The summed E-state index contributed by atoms with van der Waals surface area (Å²) in [5.41, 5.74) is 7.89. The minimum absolute atomic E-state index is 0.122. The molecule has 0 radical (unpaired) electrons. The highest BCUT2D eigenvalue weighted by Crippen LogP contribution is 2.30. The molecule has 1 amide bonds. The van der Waals surface area contributed by atoms with Crippen molar-refractivity contribution in [3.63, 3.8) is 0 Å². The smallest absolute Gasteiger partial charge is 0.248 e. The number of nitrogens with zero attached hydrogens (tertiary/aromatic N) is 2. The van der Waals surface area contributed by atoms with Crippen LogP contribution in [0.25, 0.3) is 0 Å². The summed E-state index contributed by atoms with van der Waals surface area (Å²) in [6.45, 7) is 1.46. The maximum Gasteiger partial charge on any atom is 0.248 e. The van der Waals surface area contributed by atoms with Crippen LogP contribution in [0.1, 0.15) is 6.92 Å². The number of ether oxygens (including phenoxy) is 1. The molecule has 0 atom stereocenters. The van der Waals surface area contributed by atoms with E-state index in [1.54, 1.807) is 12.1 Å². The Labute approximate surface area is 144 Å². The number of nitrogen functional groups attached to an aromatic ring is 1. The summed E-state index contributed by atoms with van der Waals surface area (Å²) in [7, 11) is 0. The monoisotopic (exact) mass is 335 g/mol. The lowest BCUT2D eigenvalue weighted by molar-refractivity contribution is -0.114. The molecule has 2 aromatic carbocycles. The summed E-state index contributed by atoms with van der Waals surface area (Å²) in [6.07, 6.45) is 1.38. The van der Waals surface area contributed by atoms with Gasteiger partial charge in [0.2, 0.25) is 11.8 Å². The first-order valence-corrected chi connectivity index (χ1v) is 7.60. The molecule has 3 aromatic rings. The molecule has 0 aliphatic carbocycles. The van der Waals surface area contributed by atoms with Crippen LogP contribution in [0.15, 0.2) is 60.9 Å². The lowest BCUT2D eigenvalue weighted by Gasteiger charge is -2.12. The maximum atomic E-state index is 11.0. The van der Waals surface area contributed by atoms with Gasteiger partial charge >= 0.3 is 0 Å². The Hall–Kier alpha value is -3.61. The van der Waals surface area contributed by atoms with E-state index in [1.165, 1.54) is 13.3 Å². The molecule has 0 fully saturated rings. The summed E-state index contributed by atoms with van der Waals surface area (Å²) in [5, 5.41) is 5.82. The SMILES string of the molecule is CC(=O)Nc1ccc(Nc2ncnc(Oc3ccccc3)c2N)cc1. The first-order chi connectivity index (χ1) is 12.1. The Morgan fingerprint density at radius 3 is 2.36 bits per heavy atom. The molecule has 1 aromatic heterocycles. The Kier molecular flexibility index (Phi) is 4.75. The van der Waals surface area contributed by atoms with Gasteiger partial charge in [-0.05, 0) is 36.4 Å². The zero-order chi connectivity index (χ0) is 17.6. The van der Waals surface area contributed by atoms with Gasteiger partial charge in [-0.15, -0.1) is 0 Å². The standard InChI is InChI=1S/C18H17N5O2/c1-12(24)22-13-7-9-14(10-8-13)23-17-16(19)18(21-11-20-17)25-15-5-3-2-4-6-15/h2-11H,19H2,1H3,(H,22,24)(H,20,21,23). The lowest BCUT2D eigenvalue weighted by atomic mass is 10.2. The van der Waals surface area contributed by atoms with Crippen LogP contribution in [-0.2, 0) is 4.79 Å². The minimum atomic E-state index is -0.122. The summed E-state index contributed by atoms with van der Waals surface area (Å²) in [6, 6.07) is 16.4. The van der Waals surface area contributed by atoms with Crippen LogP contribution in [0.3, 0.4) is 0 Å². The van der Waals surface area contributed by atoms with E-state index in [0.29, 0.717) is 22.9 Å². The van der Waals surface area contributed by atoms with E-state index in [4.69, 9.17) is 10.5 Å². The highest BCUT2D eigenvalue weighted by Gasteiger charge is 2.10. The zero-order valence-corrected chi connectivity index (χ0v) is 13.6. The van der Waals surface area contributed by atoms with Crippen molar-refractivity contribution in [1.82, 2.24) is 9.97 Å². The number of benzene rings is 2. The van der Waals surface area contributed by atoms with Gasteiger partial charge < -0.3 is 21.1 Å². The Morgan fingerprint density at radius 2 is 1.68 bits per heavy atom. The van der Waals surface area contributed by atoms with Crippen molar-refractivity contribution in [2.75, 3.05) is 16.4 Å². The van der Waals surface area contributed by atoms with Crippen molar-refractivity contribution in [3.8, 4) is 11.6 Å². The number of rotatable bonds is 5. The van der Waals surface area contributed by atoms with E-state index in [-0.39, 0.29) is 11.8 Å². The average molecular weight is 335 g/mol. The van der Waals surface area contributed by atoms with Crippen molar-refractivity contribution >= 4 is 28.8 Å². The fourth-order valence-electron chi connectivity index (χ4n) is 2.14. The third kappa shape index (κ3) is 4.23. The van der Waals surface area contributed by atoms with Gasteiger partial charge in [-0.1, -0.05) is 18.2 Å². The highest BCUT2D eigenvalue weighted by molar-refractivity contribution is 5.89. The number of aromatic nitrogens is 2. The van der Waals surface area contributed by atoms with Gasteiger partial charge in [-0.25, -0.2) is 4.98 Å². The molecule has 0 saturated heterocycles. The second-order valence-electron chi connectivity index (χ2n) is 5.24. The number of para-hydroxylation sites is 1. The lowest BCUT2D eigenvalue weighted by Crippen LogP contribution is -2.06. The number of anilines is 4. The first-order valence-electron chi connectivity index (χ1n) is 7.60. The van der Waals surface area contributed by atoms with Crippen LogP contribution in [0, 0.1) is 0 Å². The molecule has 4 N–H and O–H groups in total. The molecule has 7 nitrogen and oxygen atoms in total. The minimum Gasteiger partial charge on any atom is -0.437 e. The zero-order valence-electron chi connectivity index (χ0n) is 13.6. The third-order valence-electron chi connectivity index (χ3n) is 3.27. The Balaban J connectivity index is 1.76. The van der Waals surface area contributed by atoms with Crippen LogP contribution >= 0.6 is 0 Å². The quantitative estimate of drug-likeness (QED) is 0.659. The van der Waals surface area contributed by atoms with E-state index in [2.05, 4.69) is 20.6 Å². The summed E-state index contributed by atoms with van der Waals surface area (Å²) in [5.74, 6) is 1.23. The number of amides is 1. The number of hydrogen-bond acceptors (Lipinski definition) is 6. The first kappa shape index (κ1) is 16.3. The molecule has 3 rings (SSSR count). The summed E-state index contributed by atoms with van der Waals surface area (Å²) < 4.78 is 5.69. The highest BCUT2D eigenvalue weighted by atomic mass is 16.5. The molecule has 7 heteroatoms. The summed E-state index contributed by atoms with van der Waals surface area (Å²) >= 11 is 0. The topological polar surface area (TPSA) is 102 Å². The number of hydrogen-bond donors (Lipinski definition) is 3. The van der Waals surface area contributed by atoms with Crippen LogP contribution < -0.4 is 21.1 Å². The van der Waals surface area contributed by atoms with Crippen molar-refractivity contribution in [2.45, 2.75) is 6.92 Å². The Morgan fingerprint density at radius 1 is 1.00 bits per heavy atom. The van der Waals surface area contributed by atoms with E-state index < -0.39 is 0 Å². The molecular formula is C18H17N5O2. The molecule has 0 bridgehead atoms. The molecule has 0 aliphatic heterocycles. The predicted octanol–water partition coefficient (Wildman–Crippen LogP) is 3.55. The van der Waals surface area contributed by atoms with Crippen LogP contribution in [0.2, 0.25) is 0 Å². The van der Waals surface area contributed by atoms with Gasteiger partial charge in [0.25, 0.3) is 0 Å². The van der Waals surface area contributed by atoms with Crippen LogP contribution in [0.5, 0.6) is 11.6 Å². The van der Waals surface area contributed by atoms with E-state index >= 15 is 0 Å². The second kappa shape index (κ2) is 7.31. The van der Waals surface area contributed by atoms with Crippen molar-refractivity contribution < 1.29 is 9.53 Å². The van der Waals surface area contributed by atoms with E-state index in [9.17, 15) is 4.79 Å². The molecule has 0 saturated carbocycles. The van der Waals surface area contributed by atoms with Crippen molar-refractivity contribution in [3.05, 3.63) is 60.9 Å². The van der Waals surface area contributed by atoms with Gasteiger partial charge in [-0.3, -0.25) is 4.79 Å². The molecule has 0 spiro atoms. The Bertz CT molecular complexity index is 866. The fourth-order valence-corrected chi connectivity index (χ4v) is 2.14. The summed E-state index contributed by atoms with van der Waals surface area (Å²) in [4.78, 5) is 19.3. The van der Waals surface area contributed by atoms with Crippen LogP contribution in [-0.4, -0.2) is 15.9 Å². The largest absolute Gasteiger partial charge is 0.437 e. The van der Waals surface area contributed by atoms with Gasteiger partial charge in [0.1, 0.15) is 17.8 Å². The number of carbonyl (C=O) groups is 1. The van der Waals surface area contributed by atoms with Gasteiger partial charge in [-0.2, -0.15) is 4.98 Å². The van der Waals surface area contributed by atoms with E-state index in [0.717, 1.165) is 5.69 Å². The average Bonchev–Trinajstić information content (AvgIpc) is 2.60. The van der Waals surface area contributed by atoms with E-state index in [1.807, 2.05) is 42.5 Å². The molecular weight excluding hydrogens is 318 g/mol. The molecule has 25 heavy (non-hydrogen) atoms. The normalized spacial score (nSPS) is 10.1. The van der Waals surface area contributed by atoms with Gasteiger partial charge in [0.15, 0.2) is 5.82 Å². The fraction of sp³-hybridized carbons (Fsp3) is 0.0556. The molecule has 0 unspecified atom stereocenters. The second-order valence-corrected chi connectivity index (χ2v) is 5.24. The van der Waals surface area contributed by atoms with Crippen molar-refractivity contribution in [1.29, 1.82) is 0 Å². The van der Waals surface area contributed by atoms with Gasteiger partial charge in [0.05, 0.1) is 0 Å².